The lowest BCUT2D eigenvalue weighted by molar-refractivity contribution is -0.159. The first kappa shape index (κ1) is 13.6. The molecule has 1 atom stereocenters. The van der Waals surface area contributed by atoms with E-state index in [0.717, 1.165) is 25.7 Å². The van der Waals surface area contributed by atoms with Gasteiger partial charge in [0, 0.05) is 20.6 Å². The highest BCUT2D eigenvalue weighted by atomic mass is 16.7. The summed E-state index contributed by atoms with van der Waals surface area (Å²) in [6, 6.07) is 0. The molecule has 0 amide bonds. The van der Waals surface area contributed by atoms with Gasteiger partial charge in [-0.1, -0.05) is 19.3 Å². The molecule has 0 saturated heterocycles. The third-order valence-corrected chi connectivity index (χ3v) is 3.30. The van der Waals surface area contributed by atoms with Crippen molar-refractivity contribution in [2.45, 2.75) is 50.9 Å². The molecule has 0 aliphatic heterocycles. The highest BCUT2D eigenvalue weighted by molar-refractivity contribution is 5.82. The second-order valence-electron chi connectivity index (χ2n) is 4.44. The Balaban J connectivity index is 2.36. The van der Waals surface area contributed by atoms with E-state index < -0.39 is 12.4 Å². The summed E-state index contributed by atoms with van der Waals surface area (Å²) in [6.07, 6.45) is 4.38. The fourth-order valence-corrected chi connectivity index (χ4v) is 2.35. The van der Waals surface area contributed by atoms with E-state index in [1.54, 1.807) is 0 Å². The van der Waals surface area contributed by atoms with Crippen LogP contribution in [-0.2, 0) is 14.3 Å². The lowest BCUT2D eigenvalue weighted by Crippen LogP contribution is -2.32. The molecule has 0 bridgehead atoms. The minimum absolute atomic E-state index is 0.136. The fraction of sp³-hybridized carbons (Fsp3) is 0.917. The van der Waals surface area contributed by atoms with Gasteiger partial charge in [0.1, 0.15) is 0 Å². The first-order valence-corrected chi connectivity index (χ1v) is 5.95. The number of hydrogen-bond acceptors (Lipinski definition) is 4. The number of hydrogen-bond donors (Lipinski definition) is 1. The average molecular weight is 230 g/mol. The second-order valence-corrected chi connectivity index (χ2v) is 4.44. The highest BCUT2D eigenvalue weighted by Gasteiger charge is 2.27. The maximum atomic E-state index is 11.6. The van der Waals surface area contributed by atoms with E-state index in [0.29, 0.717) is 0 Å². The van der Waals surface area contributed by atoms with Gasteiger partial charge in [-0.3, -0.25) is 4.79 Å². The number of carbonyl (C=O) groups excluding carboxylic acids is 1. The van der Waals surface area contributed by atoms with E-state index in [1.165, 1.54) is 20.6 Å². The first-order chi connectivity index (χ1) is 7.69. The van der Waals surface area contributed by atoms with Crippen LogP contribution in [0.5, 0.6) is 0 Å². The summed E-state index contributed by atoms with van der Waals surface area (Å²) in [5.41, 5.74) is 0. The monoisotopic (exact) mass is 230 g/mol. The quantitative estimate of drug-likeness (QED) is 0.703. The molecule has 0 unspecified atom stereocenters. The molecule has 0 heterocycles. The predicted octanol–water partition coefficient (Wildman–Crippen LogP) is 1.51. The highest BCUT2D eigenvalue weighted by Crippen LogP contribution is 2.28. The maximum absolute atomic E-state index is 11.6. The number of ether oxygens (including phenoxy) is 2. The van der Waals surface area contributed by atoms with Crippen LogP contribution in [0, 0.1) is 5.92 Å². The van der Waals surface area contributed by atoms with E-state index in [4.69, 9.17) is 9.47 Å². The van der Waals surface area contributed by atoms with Gasteiger partial charge in [0.2, 0.25) is 6.29 Å². The number of aliphatic hydroxyl groups is 1. The molecule has 1 N–H and O–H groups in total. The summed E-state index contributed by atoms with van der Waals surface area (Å²) in [4.78, 5) is 11.6. The normalized spacial score (nSPS) is 20.0. The first-order valence-electron chi connectivity index (χ1n) is 5.95. The largest absolute Gasteiger partial charge is 0.392 e. The number of ketones is 1. The summed E-state index contributed by atoms with van der Waals surface area (Å²) < 4.78 is 9.73. The van der Waals surface area contributed by atoms with Gasteiger partial charge in [0.15, 0.2) is 5.78 Å². The lowest BCUT2D eigenvalue weighted by atomic mass is 9.83. The zero-order chi connectivity index (χ0) is 12.0. The van der Waals surface area contributed by atoms with Gasteiger partial charge in [-0.05, 0) is 18.8 Å². The molecule has 94 valence electrons. The van der Waals surface area contributed by atoms with Crippen LogP contribution >= 0.6 is 0 Å². The molecule has 0 aromatic rings. The van der Waals surface area contributed by atoms with Gasteiger partial charge >= 0.3 is 0 Å². The Hall–Kier alpha value is -0.450. The van der Waals surface area contributed by atoms with Gasteiger partial charge in [0.25, 0.3) is 0 Å². The van der Waals surface area contributed by atoms with Crippen LogP contribution in [0.1, 0.15) is 38.5 Å². The topological polar surface area (TPSA) is 55.8 Å². The summed E-state index contributed by atoms with van der Waals surface area (Å²) in [7, 11) is 2.86. The Kier molecular flexibility index (Phi) is 5.95. The van der Waals surface area contributed by atoms with Crippen molar-refractivity contribution in [1.82, 2.24) is 0 Å². The molecule has 1 aliphatic rings. The van der Waals surface area contributed by atoms with Crippen LogP contribution in [0.2, 0.25) is 0 Å². The van der Waals surface area contributed by atoms with Crippen LogP contribution in [0.25, 0.3) is 0 Å². The summed E-state index contributed by atoms with van der Waals surface area (Å²) in [6.45, 7) is 0. The Labute approximate surface area is 96.9 Å². The smallest absolute Gasteiger partial charge is 0.217 e. The standard InChI is InChI=1S/C12H22O4/c1-15-12(16-2)11(14)8-10(13)9-6-4-3-5-7-9/h9-10,12-13H,3-8H2,1-2H3/t10-/m1/s1. The minimum Gasteiger partial charge on any atom is -0.392 e. The number of aliphatic hydroxyl groups excluding tert-OH is 1. The van der Waals surface area contributed by atoms with Crippen LogP contribution in [0.15, 0.2) is 0 Å². The zero-order valence-corrected chi connectivity index (χ0v) is 10.1. The molecule has 1 fully saturated rings. The minimum atomic E-state index is -0.835. The van der Waals surface area contributed by atoms with E-state index >= 15 is 0 Å². The van der Waals surface area contributed by atoms with E-state index in [1.807, 2.05) is 0 Å². The van der Waals surface area contributed by atoms with Crippen molar-refractivity contribution in [1.29, 1.82) is 0 Å². The van der Waals surface area contributed by atoms with Crippen LogP contribution in [-0.4, -0.2) is 37.5 Å². The number of carbonyl (C=O) groups is 1. The Morgan fingerprint density at radius 3 is 2.31 bits per heavy atom. The number of Topliss-reactive ketones (excluding diaryl/α,β-unsaturated/α-hetero) is 1. The molecule has 1 rings (SSSR count). The molecule has 0 aromatic heterocycles. The van der Waals surface area contributed by atoms with Crippen LogP contribution in [0.3, 0.4) is 0 Å². The van der Waals surface area contributed by atoms with E-state index in [2.05, 4.69) is 0 Å². The van der Waals surface area contributed by atoms with Crippen molar-refractivity contribution in [3.8, 4) is 0 Å². The third-order valence-electron chi connectivity index (χ3n) is 3.30. The Morgan fingerprint density at radius 1 is 1.25 bits per heavy atom. The van der Waals surface area contributed by atoms with Gasteiger partial charge in [0.05, 0.1) is 6.10 Å². The summed E-state index contributed by atoms with van der Waals surface area (Å²) in [5, 5.41) is 9.95. The molecular formula is C12H22O4. The van der Waals surface area contributed by atoms with Crippen molar-refractivity contribution >= 4 is 5.78 Å². The van der Waals surface area contributed by atoms with Gasteiger partial charge in [-0.15, -0.1) is 0 Å². The molecule has 0 spiro atoms. The van der Waals surface area contributed by atoms with Crippen molar-refractivity contribution in [2.75, 3.05) is 14.2 Å². The van der Waals surface area contributed by atoms with Crippen molar-refractivity contribution < 1.29 is 19.4 Å². The molecule has 1 aliphatic carbocycles. The number of methoxy groups -OCH3 is 2. The van der Waals surface area contributed by atoms with E-state index in [9.17, 15) is 9.90 Å². The number of rotatable bonds is 6. The molecule has 16 heavy (non-hydrogen) atoms. The molecular weight excluding hydrogens is 208 g/mol. The summed E-state index contributed by atoms with van der Waals surface area (Å²) in [5.74, 6) is 0.0927. The summed E-state index contributed by atoms with van der Waals surface area (Å²) >= 11 is 0. The third kappa shape index (κ3) is 3.85. The second kappa shape index (κ2) is 6.99. The van der Waals surface area contributed by atoms with Crippen LogP contribution in [0.4, 0.5) is 0 Å². The van der Waals surface area contributed by atoms with Gasteiger partial charge in [-0.2, -0.15) is 0 Å². The maximum Gasteiger partial charge on any atom is 0.217 e. The van der Waals surface area contributed by atoms with Crippen LogP contribution < -0.4 is 0 Å². The Morgan fingerprint density at radius 2 is 1.81 bits per heavy atom. The van der Waals surface area contributed by atoms with E-state index in [-0.39, 0.29) is 18.1 Å². The average Bonchev–Trinajstić information content (AvgIpc) is 2.31. The van der Waals surface area contributed by atoms with Gasteiger partial charge < -0.3 is 14.6 Å². The SMILES string of the molecule is COC(OC)C(=O)C[C@@H](O)C1CCCCC1. The molecule has 4 heteroatoms. The molecule has 1 saturated carbocycles. The molecule has 0 radical (unpaired) electrons. The van der Waals surface area contributed by atoms with Crippen molar-refractivity contribution in [2.24, 2.45) is 5.92 Å². The van der Waals surface area contributed by atoms with Crippen molar-refractivity contribution in [3.63, 3.8) is 0 Å². The van der Waals surface area contributed by atoms with Gasteiger partial charge in [-0.25, -0.2) is 0 Å². The Bertz CT molecular complexity index is 207. The fourth-order valence-electron chi connectivity index (χ4n) is 2.35. The van der Waals surface area contributed by atoms with Crippen molar-refractivity contribution in [3.05, 3.63) is 0 Å². The molecule has 4 nitrogen and oxygen atoms in total. The molecule has 0 aromatic carbocycles. The lowest BCUT2D eigenvalue weighted by Gasteiger charge is -2.26. The predicted molar refractivity (Wildman–Crippen MR) is 60.0 cm³/mol. The zero-order valence-electron chi connectivity index (χ0n) is 10.1.